The predicted octanol–water partition coefficient (Wildman–Crippen LogP) is 3.63. The minimum Gasteiger partial charge on any atom is -0.493 e. The average Bonchev–Trinajstić information content (AvgIpc) is 3.02. The maximum Gasteiger partial charge on any atom is 0.239 e. The Morgan fingerprint density at radius 2 is 1.89 bits per heavy atom. The molecular weight excluding hydrogens is 430 g/mol. The monoisotopic (exact) mass is 447 g/mol. The molecule has 0 aliphatic carbocycles. The van der Waals surface area contributed by atoms with Crippen molar-refractivity contribution < 1.29 is 14.3 Å². The second-order valence-corrected chi connectivity index (χ2v) is 7.80. The van der Waals surface area contributed by atoms with Gasteiger partial charge in [-0.05, 0) is 47.9 Å². The predicted molar refractivity (Wildman–Crippen MR) is 112 cm³/mol. The van der Waals surface area contributed by atoms with E-state index < -0.39 is 0 Å². The van der Waals surface area contributed by atoms with E-state index in [1.54, 1.807) is 32.6 Å². The van der Waals surface area contributed by atoms with Crippen LogP contribution in [0.15, 0.2) is 57.1 Å². The summed E-state index contributed by atoms with van der Waals surface area (Å²) < 4.78 is 11.5. The molecule has 2 aromatic carbocycles. The lowest BCUT2D eigenvalue weighted by molar-refractivity contribution is -0.118. The Morgan fingerprint density at radius 1 is 1.15 bits per heavy atom. The van der Waals surface area contributed by atoms with Crippen LogP contribution in [0.3, 0.4) is 0 Å². The minimum absolute atomic E-state index is 0.0528. The van der Waals surface area contributed by atoms with Crippen molar-refractivity contribution in [1.82, 2.24) is 5.32 Å². The molecule has 3 rings (SSSR count). The van der Waals surface area contributed by atoms with Crippen LogP contribution in [0.5, 0.6) is 11.5 Å². The molecule has 1 aliphatic rings. The van der Waals surface area contributed by atoms with Gasteiger partial charge in [0.05, 0.1) is 25.7 Å². The number of nitrogens with zero attached hydrogens (tertiary/aromatic N) is 2. The maximum atomic E-state index is 12.1. The molecule has 8 heteroatoms. The van der Waals surface area contributed by atoms with Gasteiger partial charge in [-0.25, -0.2) is 0 Å². The van der Waals surface area contributed by atoms with Crippen LogP contribution in [-0.4, -0.2) is 36.8 Å². The minimum atomic E-state index is -0.207. The summed E-state index contributed by atoms with van der Waals surface area (Å²) >= 11 is 4.80. The molecule has 0 saturated carbocycles. The van der Waals surface area contributed by atoms with Gasteiger partial charge in [0.2, 0.25) is 5.91 Å². The Kier molecular flexibility index (Phi) is 6.52. The number of amidine groups is 1. The van der Waals surface area contributed by atoms with Gasteiger partial charge in [-0.3, -0.25) is 4.79 Å². The van der Waals surface area contributed by atoms with Crippen molar-refractivity contribution in [3.05, 3.63) is 58.1 Å². The summed E-state index contributed by atoms with van der Waals surface area (Å²) in [6, 6.07) is 13.4. The van der Waals surface area contributed by atoms with Gasteiger partial charge in [0, 0.05) is 4.47 Å². The fourth-order valence-electron chi connectivity index (χ4n) is 2.50. The third-order valence-electron chi connectivity index (χ3n) is 3.87. The molecule has 1 amide bonds. The summed E-state index contributed by atoms with van der Waals surface area (Å²) in [6.45, 7) is 0. The quantitative estimate of drug-likeness (QED) is 0.541. The van der Waals surface area contributed by atoms with E-state index in [1.165, 1.54) is 11.8 Å². The van der Waals surface area contributed by atoms with E-state index >= 15 is 0 Å². The largest absolute Gasteiger partial charge is 0.493 e. The number of hydrogen-bond acceptors (Lipinski definition) is 6. The Balaban J connectivity index is 1.63. The average molecular weight is 448 g/mol. The van der Waals surface area contributed by atoms with Crippen LogP contribution < -0.4 is 14.8 Å². The van der Waals surface area contributed by atoms with Crippen molar-refractivity contribution in [2.45, 2.75) is 11.7 Å². The molecule has 1 N–H and O–H groups in total. The molecule has 140 valence electrons. The van der Waals surface area contributed by atoms with Crippen LogP contribution in [0.2, 0.25) is 0 Å². The third kappa shape index (κ3) is 5.11. The first-order valence-corrected chi connectivity index (χ1v) is 9.81. The fraction of sp³-hybridized carbons (Fsp3) is 0.211. The van der Waals surface area contributed by atoms with Gasteiger partial charge in [0.1, 0.15) is 0 Å². The lowest BCUT2D eigenvalue weighted by Gasteiger charge is -2.07. The van der Waals surface area contributed by atoms with Gasteiger partial charge in [-0.1, -0.05) is 39.8 Å². The summed E-state index contributed by atoms with van der Waals surface area (Å²) in [7, 11) is 3.16. The smallest absolute Gasteiger partial charge is 0.239 e. The normalized spacial score (nSPS) is 18.1. The van der Waals surface area contributed by atoms with Gasteiger partial charge >= 0.3 is 0 Å². The van der Waals surface area contributed by atoms with E-state index in [0.717, 1.165) is 15.6 Å². The molecule has 27 heavy (non-hydrogen) atoms. The molecule has 1 aliphatic heterocycles. The standard InChI is InChI=1S/C19H18BrN3O3S/c1-25-15-8-5-13(9-16(15)26-2)11-21-23-19-22-18(24)17(27-19)10-12-3-6-14(20)7-4-12/h3-9,11,17H,10H2,1-2H3,(H,22,23,24)/b21-11+. The Bertz CT molecular complexity index is 884. The van der Waals surface area contributed by atoms with Crippen LogP contribution in [0.25, 0.3) is 0 Å². The van der Waals surface area contributed by atoms with Gasteiger partial charge in [0.15, 0.2) is 16.7 Å². The number of hydrogen-bond donors (Lipinski definition) is 1. The van der Waals surface area contributed by atoms with Crippen molar-refractivity contribution >= 4 is 45.0 Å². The number of amides is 1. The zero-order chi connectivity index (χ0) is 19.2. The number of halogens is 1. The number of nitrogens with one attached hydrogen (secondary N) is 1. The highest BCUT2D eigenvalue weighted by Gasteiger charge is 2.30. The number of benzene rings is 2. The van der Waals surface area contributed by atoms with Crippen molar-refractivity contribution in [2.75, 3.05) is 14.2 Å². The van der Waals surface area contributed by atoms with E-state index in [4.69, 9.17) is 9.47 Å². The Labute approximate surface area is 170 Å². The first kappa shape index (κ1) is 19.4. The molecule has 2 aromatic rings. The van der Waals surface area contributed by atoms with E-state index in [2.05, 4.69) is 31.4 Å². The van der Waals surface area contributed by atoms with E-state index in [0.29, 0.717) is 23.1 Å². The fourth-order valence-corrected chi connectivity index (χ4v) is 3.73. The second-order valence-electron chi connectivity index (χ2n) is 5.69. The third-order valence-corrected chi connectivity index (χ3v) is 5.47. The second kappa shape index (κ2) is 9.05. The first-order valence-electron chi connectivity index (χ1n) is 8.14. The van der Waals surface area contributed by atoms with Crippen molar-refractivity contribution in [3.63, 3.8) is 0 Å². The number of carbonyl (C=O) groups excluding carboxylic acids is 1. The van der Waals surface area contributed by atoms with Crippen molar-refractivity contribution in [3.8, 4) is 11.5 Å². The number of thioether (sulfide) groups is 1. The summed E-state index contributed by atoms with van der Waals surface area (Å²) in [6.07, 6.45) is 2.24. The molecular formula is C19H18BrN3O3S. The highest BCUT2D eigenvalue weighted by atomic mass is 79.9. The van der Waals surface area contributed by atoms with E-state index in [1.807, 2.05) is 30.3 Å². The number of methoxy groups -OCH3 is 2. The molecule has 1 unspecified atom stereocenters. The van der Waals surface area contributed by atoms with Crippen LogP contribution in [0.1, 0.15) is 11.1 Å². The summed E-state index contributed by atoms with van der Waals surface area (Å²) in [5, 5.41) is 11.2. The van der Waals surface area contributed by atoms with Gasteiger partial charge < -0.3 is 14.8 Å². The number of rotatable bonds is 6. The van der Waals surface area contributed by atoms with E-state index in [9.17, 15) is 4.79 Å². The molecule has 0 bridgehead atoms. The molecule has 0 spiro atoms. The molecule has 1 heterocycles. The summed E-state index contributed by atoms with van der Waals surface area (Å²) in [5.74, 6) is 1.21. The zero-order valence-electron chi connectivity index (χ0n) is 14.8. The van der Waals surface area contributed by atoms with Crippen LogP contribution in [-0.2, 0) is 11.2 Å². The van der Waals surface area contributed by atoms with Gasteiger partial charge in [0.25, 0.3) is 0 Å². The van der Waals surface area contributed by atoms with Crippen molar-refractivity contribution in [2.24, 2.45) is 10.2 Å². The maximum absolute atomic E-state index is 12.1. The molecule has 1 atom stereocenters. The highest BCUT2D eigenvalue weighted by molar-refractivity contribution is 9.10. The first-order chi connectivity index (χ1) is 13.1. The van der Waals surface area contributed by atoms with Gasteiger partial charge in [-0.2, -0.15) is 5.10 Å². The van der Waals surface area contributed by atoms with Crippen LogP contribution >= 0.6 is 27.7 Å². The van der Waals surface area contributed by atoms with Crippen molar-refractivity contribution in [1.29, 1.82) is 0 Å². The molecule has 0 radical (unpaired) electrons. The topological polar surface area (TPSA) is 72.3 Å². The Hall–Kier alpha value is -2.32. The summed E-state index contributed by atoms with van der Waals surface area (Å²) in [5.41, 5.74) is 1.92. The SMILES string of the molecule is COc1ccc(/C=N/N=C2\NC(=O)C(Cc3ccc(Br)cc3)S2)cc1OC. The molecule has 1 fully saturated rings. The van der Waals surface area contributed by atoms with Crippen LogP contribution in [0, 0.1) is 0 Å². The highest BCUT2D eigenvalue weighted by Crippen LogP contribution is 2.27. The Morgan fingerprint density at radius 3 is 2.59 bits per heavy atom. The zero-order valence-corrected chi connectivity index (χ0v) is 17.2. The molecule has 6 nitrogen and oxygen atoms in total. The van der Waals surface area contributed by atoms with E-state index in [-0.39, 0.29) is 11.2 Å². The lowest BCUT2D eigenvalue weighted by atomic mass is 10.1. The molecule has 1 saturated heterocycles. The number of carbonyl (C=O) groups is 1. The molecule has 0 aromatic heterocycles. The summed E-state index contributed by atoms with van der Waals surface area (Å²) in [4.78, 5) is 12.1. The number of ether oxygens (including phenoxy) is 2. The van der Waals surface area contributed by atoms with Crippen LogP contribution in [0.4, 0.5) is 0 Å². The lowest BCUT2D eigenvalue weighted by Crippen LogP contribution is -2.25. The van der Waals surface area contributed by atoms with Gasteiger partial charge in [-0.15, -0.1) is 5.10 Å².